The summed E-state index contributed by atoms with van der Waals surface area (Å²) < 4.78 is 57.5. The number of methoxy groups -OCH3 is 1. The van der Waals surface area contributed by atoms with Gasteiger partial charge >= 0.3 is 17.2 Å². The van der Waals surface area contributed by atoms with Gasteiger partial charge < -0.3 is 15.4 Å². The molecule has 176 valence electrons. The van der Waals surface area contributed by atoms with Gasteiger partial charge in [0.1, 0.15) is 5.75 Å². The van der Waals surface area contributed by atoms with Crippen LogP contribution < -0.4 is 15.4 Å². The normalized spacial score (nSPS) is 16.5. The van der Waals surface area contributed by atoms with Crippen LogP contribution in [0.2, 0.25) is 0 Å². The van der Waals surface area contributed by atoms with Crippen molar-refractivity contribution in [3.8, 4) is 5.75 Å². The molecular formula is C23H21ClF4N2O3. The summed E-state index contributed by atoms with van der Waals surface area (Å²) >= 11 is 4.31. The van der Waals surface area contributed by atoms with Crippen LogP contribution in [0.5, 0.6) is 5.75 Å². The Labute approximate surface area is 192 Å². The standard InChI is InChI=1S/C23H21ClF4N2O3/c1-21(2)12-14-6-9-16(33-3)10-17(14)18(30-21)11-19(31)13-4-7-15(8-5-13)29-20(32)22(25,26)23(24,27)28/h4-11,30H,12H2,1-3H3,(H,29,32). The predicted octanol–water partition coefficient (Wildman–Crippen LogP) is 5.25. The van der Waals surface area contributed by atoms with Crippen LogP contribution >= 0.6 is 11.6 Å². The van der Waals surface area contributed by atoms with Crippen LogP contribution in [0.4, 0.5) is 23.2 Å². The highest BCUT2D eigenvalue weighted by atomic mass is 35.5. The third kappa shape index (κ3) is 5.30. The highest BCUT2D eigenvalue weighted by Crippen LogP contribution is 2.38. The molecule has 0 unspecified atom stereocenters. The number of benzene rings is 2. The van der Waals surface area contributed by atoms with Gasteiger partial charge in [-0.05, 0) is 73.8 Å². The largest absolute Gasteiger partial charge is 0.497 e. The molecule has 1 heterocycles. The SMILES string of the molecule is COc1ccc2c(c1)C(=CC(=O)c1ccc(NC(=O)C(F)(F)C(F)(F)Cl)cc1)NC(C)(C)C2. The summed E-state index contributed by atoms with van der Waals surface area (Å²) in [6.45, 7) is 3.99. The van der Waals surface area contributed by atoms with Gasteiger partial charge in [0.2, 0.25) is 0 Å². The molecule has 0 saturated heterocycles. The minimum Gasteiger partial charge on any atom is -0.497 e. The molecule has 3 rings (SSSR count). The Bertz CT molecular complexity index is 1110. The Morgan fingerprint density at radius 3 is 2.33 bits per heavy atom. The van der Waals surface area contributed by atoms with E-state index in [0.29, 0.717) is 11.4 Å². The summed E-state index contributed by atoms with van der Waals surface area (Å²) in [6.07, 6.45) is 2.15. The number of anilines is 1. The van der Waals surface area contributed by atoms with E-state index < -0.39 is 17.2 Å². The molecule has 10 heteroatoms. The van der Waals surface area contributed by atoms with Gasteiger partial charge in [-0.15, -0.1) is 0 Å². The van der Waals surface area contributed by atoms with E-state index in [1.54, 1.807) is 12.4 Å². The second kappa shape index (κ2) is 8.70. The fourth-order valence-electron chi connectivity index (χ4n) is 3.42. The Morgan fingerprint density at radius 2 is 1.76 bits per heavy atom. The van der Waals surface area contributed by atoms with Crippen LogP contribution in [0.1, 0.15) is 35.3 Å². The zero-order chi connectivity index (χ0) is 24.6. The maximum atomic E-state index is 13.3. The molecule has 0 aliphatic carbocycles. The third-order valence-electron chi connectivity index (χ3n) is 5.06. The van der Waals surface area contributed by atoms with Crippen LogP contribution in [0, 0.1) is 0 Å². The number of alkyl halides is 5. The van der Waals surface area contributed by atoms with Crippen LogP contribution in [0.3, 0.4) is 0 Å². The first-order valence-electron chi connectivity index (χ1n) is 9.81. The zero-order valence-electron chi connectivity index (χ0n) is 17.9. The lowest BCUT2D eigenvalue weighted by atomic mass is 9.85. The number of rotatable bonds is 6. The lowest BCUT2D eigenvalue weighted by Gasteiger charge is -2.35. The van der Waals surface area contributed by atoms with Crippen molar-refractivity contribution in [3.63, 3.8) is 0 Å². The van der Waals surface area contributed by atoms with E-state index in [4.69, 9.17) is 4.74 Å². The first kappa shape index (κ1) is 24.6. The van der Waals surface area contributed by atoms with E-state index >= 15 is 0 Å². The van der Waals surface area contributed by atoms with Crippen molar-refractivity contribution >= 4 is 34.7 Å². The second-order valence-corrected chi connectivity index (χ2v) is 8.71. The maximum Gasteiger partial charge on any atom is 0.401 e. The van der Waals surface area contributed by atoms with Crippen molar-refractivity contribution in [2.24, 2.45) is 0 Å². The van der Waals surface area contributed by atoms with Gasteiger partial charge in [-0.25, -0.2) is 0 Å². The highest BCUT2D eigenvalue weighted by Gasteiger charge is 2.61. The van der Waals surface area contributed by atoms with Gasteiger partial charge in [0.05, 0.1) is 7.11 Å². The third-order valence-corrected chi connectivity index (χ3v) is 5.29. The minimum atomic E-state index is -5.11. The van der Waals surface area contributed by atoms with Gasteiger partial charge in [0, 0.05) is 34.1 Å². The number of hydrogen-bond donors (Lipinski definition) is 2. The summed E-state index contributed by atoms with van der Waals surface area (Å²) in [5.74, 6) is -7.13. The van der Waals surface area contributed by atoms with Gasteiger partial charge in [-0.2, -0.15) is 17.6 Å². The molecule has 1 aliphatic rings. The maximum absolute atomic E-state index is 13.3. The Kier molecular flexibility index (Phi) is 6.48. The fraction of sp³-hybridized carbons (Fsp3) is 0.304. The zero-order valence-corrected chi connectivity index (χ0v) is 18.7. The molecule has 2 aromatic carbocycles. The molecule has 5 nitrogen and oxygen atoms in total. The van der Waals surface area contributed by atoms with E-state index in [9.17, 15) is 27.2 Å². The lowest BCUT2D eigenvalue weighted by Crippen LogP contribution is -2.46. The number of carbonyl (C=O) groups is 2. The van der Waals surface area contributed by atoms with E-state index in [2.05, 4.69) is 16.9 Å². The van der Waals surface area contributed by atoms with Crippen LogP contribution in [-0.4, -0.2) is 35.6 Å². The van der Waals surface area contributed by atoms with Gasteiger partial charge in [-0.1, -0.05) is 6.07 Å². The van der Waals surface area contributed by atoms with E-state index in [1.165, 1.54) is 18.2 Å². The first-order chi connectivity index (χ1) is 15.2. The number of allylic oxidation sites excluding steroid dienone is 1. The van der Waals surface area contributed by atoms with Gasteiger partial charge in [0.15, 0.2) is 5.78 Å². The summed E-state index contributed by atoms with van der Waals surface area (Å²) in [5, 5.41) is -0.0464. The van der Waals surface area contributed by atoms with Crippen molar-refractivity contribution in [1.29, 1.82) is 0 Å². The molecule has 0 bridgehead atoms. The van der Waals surface area contributed by atoms with Crippen molar-refractivity contribution in [2.75, 3.05) is 12.4 Å². The number of ketones is 1. The average Bonchev–Trinajstić information content (AvgIpc) is 2.72. The molecule has 0 atom stereocenters. The smallest absolute Gasteiger partial charge is 0.401 e. The molecule has 1 aliphatic heterocycles. The fourth-order valence-corrected chi connectivity index (χ4v) is 3.51. The van der Waals surface area contributed by atoms with Crippen molar-refractivity contribution in [1.82, 2.24) is 5.32 Å². The minimum absolute atomic E-state index is 0.197. The molecule has 0 radical (unpaired) electrons. The van der Waals surface area contributed by atoms with Crippen LogP contribution in [0.15, 0.2) is 48.5 Å². The average molecular weight is 485 g/mol. The Balaban J connectivity index is 1.83. The number of hydrogen-bond acceptors (Lipinski definition) is 4. The van der Waals surface area contributed by atoms with Crippen molar-refractivity contribution in [3.05, 3.63) is 65.2 Å². The molecule has 0 saturated carbocycles. The number of halogens is 5. The topological polar surface area (TPSA) is 67.4 Å². The first-order valence-corrected chi connectivity index (χ1v) is 10.2. The number of ether oxygens (including phenoxy) is 1. The molecule has 33 heavy (non-hydrogen) atoms. The highest BCUT2D eigenvalue weighted by molar-refractivity contribution is 6.24. The quantitative estimate of drug-likeness (QED) is 0.254. The second-order valence-electron chi connectivity index (χ2n) is 8.23. The molecular weight excluding hydrogens is 464 g/mol. The number of amides is 1. The van der Waals surface area contributed by atoms with E-state index in [0.717, 1.165) is 29.7 Å². The summed E-state index contributed by atoms with van der Waals surface area (Å²) in [6, 6.07) is 10.5. The molecule has 2 N–H and O–H groups in total. The number of fused-ring (bicyclic) bond motifs is 1. The predicted molar refractivity (Wildman–Crippen MR) is 117 cm³/mol. The van der Waals surface area contributed by atoms with Crippen LogP contribution in [0.25, 0.3) is 5.70 Å². The van der Waals surface area contributed by atoms with Gasteiger partial charge in [0.25, 0.3) is 0 Å². The molecule has 1 amide bonds. The summed E-state index contributed by atoms with van der Waals surface area (Å²) in [7, 11) is 1.54. The summed E-state index contributed by atoms with van der Waals surface area (Å²) in [4.78, 5) is 24.3. The van der Waals surface area contributed by atoms with Crippen LogP contribution in [-0.2, 0) is 11.2 Å². The van der Waals surface area contributed by atoms with Gasteiger partial charge in [-0.3, -0.25) is 9.59 Å². The molecule has 0 aromatic heterocycles. The van der Waals surface area contributed by atoms with E-state index in [1.807, 2.05) is 32.0 Å². The molecule has 2 aromatic rings. The number of carbonyl (C=O) groups excluding carboxylic acids is 2. The molecule has 0 fully saturated rings. The summed E-state index contributed by atoms with van der Waals surface area (Å²) in [5.41, 5.74) is 2.13. The molecule has 0 spiro atoms. The number of nitrogens with one attached hydrogen (secondary N) is 2. The Hall–Kier alpha value is -3.07. The Morgan fingerprint density at radius 1 is 1.12 bits per heavy atom. The van der Waals surface area contributed by atoms with E-state index in [-0.39, 0.29) is 22.6 Å². The monoisotopic (exact) mass is 484 g/mol. The van der Waals surface area contributed by atoms with Crippen molar-refractivity contribution < 1.29 is 31.9 Å². The lowest BCUT2D eigenvalue weighted by molar-refractivity contribution is -0.175. The van der Waals surface area contributed by atoms with Crippen molar-refractivity contribution in [2.45, 2.75) is 37.1 Å².